The second-order valence-electron chi connectivity index (χ2n) is 5.02. The molecule has 0 fully saturated rings. The number of alkyl halides is 3. The Labute approximate surface area is 132 Å². The van der Waals surface area contributed by atoms with Crippen molar-refractivity contribution in [2.24, 2.45) is 0 Å². The second kappa shape index (κ2) is 5.34. The van der Waals surface area contributed by atoms with Crippen LogP contribution in [0, 0.1) is 0 Å². The number of phenols is 1. The molecular formula is C15H10ClF3N2O2. The Morgan fingerprint density at radius 2 is 1.91 bits per heavy atom. The fourth-order valence-electron chi connectivity index (χ4n) is 2.35. The van der Waals surface area contributed by atoms with Crippen molar-refractivity contribution in [1.29, 1.82) is 0 Å². The van der Waals surface area contributed by atoms with Crippen LogP contribution < -0.4 is 5.69 Å². The molecule has 8 heteroatoms. The number of aromatic nitrogens is 2. The first-order chi connectivity index (χ1) is 10.8. The number of aromatic hydroxyl groups is 1. The molecule has 0 spiro atoms. The van der Waals surface area contributed by atoms with Gasteiger partial charge in [-0.15, -0.1) is 0 Å². The molecule has 0 aliphatic carbocycles. The number of nitrogens with zero attached hydrogens (tertiary/aromatic N) is 1. The van der Waals surface area contributed by atoms with E-state index in [2.05, 4.69) is 4.98 Å². The summed E-state index contributed by atoms with van der Waals surface area (Å²) in [5.41, 5.74) is -0.642. The van der Waals surface area contributed by atoms with Crippen molar-refractivity contribution in [3.8, 4) is 5.75 Å². The SMILES string of the molecule is O=c1[nH]c2cc(C(F)(F)F)ccc2n1Cc1cc(Cl)ccc1O. The molecule has 0 aliphatic rings. The lowest BCUT2D eigenvalue weighted by Crippen LogP contribution is -2.17. The minimum absolute atomic E-state index is 0.0173. The summed E-state index contributed by atoms with van der Waals surface area (Å²) < 4.78 is 39.4. The number of aromatic amines is 1. The summed E-state index contributed by atoms with van der Waals surface area (Å²) in [6, 6.07) is 7.38. The fourth-order valence-corrected chi connectivity index (χ4v) is 2.54. The molecule has 0 unspecified atom stereocenters. The van der Waals surface area contributed by atoms with Crippen LogP contribution in [0.25, 0.3) is 11.0 Å². The minimum Gasteiger partial charge on any atom is -0.508 e. The Kier molecular flexibility index (Phi) is 3.60. The molecule has 3 rings (SSSR count). The summed E-state index contributed by atoms with van der Waals surface area (Å²) in [7, 11) is 0. The standard InChI is InChI=1S/C15H10ClF3N2O2/c16-10-2-4-13(22)8(5-10)7-21-12-3-1-9(15(17,18)19)6-11(12)20-14(21)23/h1-6,22H,7H2,(H,20,23). The van der Waals surface area contributed by atoms with E-state index in [0.29, 0.717) is 16.1 Å². The van der Waals surface area contributed by atoms with Crippen LogP contribution in [-0.4, -0.2) is 14.7 Å². The molecule has 2 N–H and O–H groups in total. The van der Waals surface area contributed by atoms with Crippen molar-refractivity contribution < 1.29 is 18.3 Å². The third-order valence-corrected chi connectivity index (χ3v) is 3.71. The van der Waals surface area contributed by atoms with E-state index in [1.807, 2.05) is 0 Å². The van der Waals surface area contributed by atoms with E-state index in [4.69, 9.17) is 11.6 Å². The van der Waals surface area contributed by atoms with Crippen molar-refractivity contribution in [3.05, 3.63) is 63.0 Å². The van der Waals surface area contributed by atoms with Crippen LogP contribution in [0.2, 0.25) is 5.02 Å². The van der Waals surface area contributed by atoms with Crippen LogP contribution in [0.3, 0.4) is 0 Å². The number of benzene rings is 2. The summed E-state index contributed by atoms with van der Waals surface area (Å²) in [5.74, 6) is -0.0532. The largest absolute Gasteiger partial charge is 0.508 e. The third kappa shape index (κ3) is 2.92. The smallest absolute Gasteiger partial charge is 0.416 e. The van der Waals surface area contributed by atoms with Crippen molar-refractivity contribution in [1.82, 2.24) is 9.55 Å². The molecule has 0 amide bonds. The molecule has 0 aliphatic heterocycles. The number of fused-ring (bicyclic) bond motifs is 1. The average molecular weight is 343 g/mol. The molecule has 1 heterocycles. The molecule has 0 bridgehead atoms. The highest BCUT2D eigenvalue weighted by atomic mass is 35.5. The highest BCUT2D eigenvalue weighted by Gasteiger charge is 2.30. The lowest BCUT2D eigenvalue weighted by atomic mass is 10.1. The van der Waals surface area contributed by atoms with Crippen LogP contribution in [-0.2, 0) is 12.7 Å². The number of hydrogen-bond donors (Lipinski definition) is 2. The average Bonchev–Trinajstić information content (AvgIpc) is 2.77. The predicted octanol–water partition coefficient (Wildman–Crippen LogP) is 3.76. The Hall–Kier alpha value is -2.41. The number of imidazole rings is 1. The quantitative estimate of drug-likeness (QED) is 0.745. The zero-order chi connectivity index (χ0) is 16.8. The molecule has 0 saturated carbocycles. The number of nitrogens with one attached hydrogen (secondary N) is 1. The highest BCUT2D eigenvalue weighted by molar-refractivity contribution is 6.30. The lowest BCUT2D eigenvalue weighted by molar-refractivity contribution is -0.137. The van der Waals surface area contributed by atoms with Crippen LogP contribution in [0.1, 0.15) is 11.1 Å². The zero-order valence-electron chi connectivity index (χ0n) is 11.5. The predicted molar refractivity (Wildman–Crippen MR) is 79.8 cm³/mol. The van der Waals surface area contributed by atoms with E-state index in [1.165, 1.54) is 28.8 Å². The van der Waals surface area contributed by atoms with E-state index in [0.717, 1.165) is 12.1 Å². The van der Waals surface area contributed by atoms with Gasteiger partial charge >= 0.3 is 11.9 Å². The molecule has 0 saturated heterocycles. The van der Waals surface area contributed by atoms with Gasteiger partial charge in [-0.05, 0) is 36.4 Å². The number of H-pyrrole nitrogens is 1. The van der Waals surface area contributed by atoms with Gasteiger partial charge in [-0.25, -0.2) is 4.79 Å². The van der Waals surface area contributed by atoms with Gasteiger partial charge in [0.2, 0.25) is 0 Å². The first-order valence-electron chi connectivity index (χ1n) is 6.53. The third-order valence-electron chi connectivity index (χ3n) is 3.47. The molecule has 23 heavy (non-hydrogen) atoms. The number of hydrogen-bond acceptors (Lipinski definition) is 2. The van der Waals surface area contributed by atoms with Crippen LogP contribution in [0.4, 0.5) is 13.2 Å². The van der Waals surface area contributed by atoms with E-state index >= 15 is 0 Å². The van der Waals surface area contributed by atoms with Gasteiger partial charge in [0, 0.05) is 10.6 Å². The molecule has 0 atom stereocenters. The van der Waals surface area contributed by atoms with E-state index in [9.17, 15) is 23.1 Å². The topological polar surface area (TPSA) is 58.0 Å². The molecule has 0 radical (unpaired) electrons. The molecule has 4 nitrogen and oxygen atoms in total. The monoisotopic (exact) mass is 342 g/mol. The van der Waals surface area contributed by atoms with Crippen molar-refractivity contribution in [2.45, 2.75) is 12.7 Å². The maximum Gasteiger partial charge on any atom is 0.416 e. The molecule has 2 aromatic carbocycles. The lowest BCUT2D eigenvalue weighted by Gasteiger charge is -2.08. The van der Waals surface area contributed by atoms with E-state index in [1.54, 1.807) is 0 Å². The first-order valence-corrected chi connectivity index (χ1v) is 6.90. The molecule has 120 valence electrons. The van der Waals surface area contributed by atoms with Gasteiger partial charge in [-0.3, -0.25) is 4.57 Å². The van der Waals surface area contributed by atoms with Gasteiger partial charge in [0.05, 0.1) is 23.1 Å². The summed E-state index contributed by atoms with van der Waals surface area (Å²) >= 11 is 5.85. The maximum atomic E-state index is 12.7. The summed E-state index contributed by atoms with van der Waals surface area (Å²) in [4.78, 5) is 14.4. The number of rotatable bonds is 2. The maximum absolute atomic E-state index is 12.7. The molecular weight excluding hydrogens is 333 g/mol. The Morgan fingerprint density at radius 3 is 2.61 bits per heavy atom. The van der Waals surface area contributed by atoms with Crippen LogP contribution >= 0.6 is 11.6 Å². The Bertz CT molecular complexity index is 944. The summed E-state index contributed by atoms with van der Waals surface area (Å²) in [6.07, 6.45) is -4.49. The Morgan fingerprint density at radius 1 is 1.17 bits per heavy atom. The van der Waals surface area contributed by atoms with Gasteiger partial charge in [-0.1, -0.05) is 11.6 Å². The van der Waals surface area contributed by atoms with Gasteiger partial charge in [0.25, 0.3) is 0 Å². The fraction of sp³-hybridized carbons (Fsp3) is 0.133. The van der Waals surface area contributed by atoms with Crippen molar-refractivity contribution in [3.63, 3.8) is 0 Å². The van der Waals surface area contributed by atoms with Crippen molar-refractivity contribution >= 4 is 22.6 Å². The van der Waals surface area contributed by atoms with Gasteiger partial charge in [0.15, 0.2) is 0 Å². The molecule has 3 aromatic rings. The van der Waals surface area contributed by atoms with Gasteiger partial charge < -0.3 is 10.1 Å². The van der Waals surface area contributed by atoms with E-state index < -0.39 is 17.4 Å². The highest BCUT2D eigenvalue weighted by Crippen LogP contribution is 2.31. The van der Waals surface area contributed by atoms with Crippen molar-refractivity contribution in [2.75, 3.05) is 0 Å². The minimum atomic E-state index is -4.49. The second-order valence-corrected chi connectivity index (χ2v) is 5.46. The van der Waals surface area contributed by atoms with Crippen LogP contribution in [0.5, 0.6) is 5.75 Å². The van der Waals surface area contributed by atoms with Gasteiger partial charge in [-0.2, -0.15) is 13.2 Å². The molecule has 1 aromatic heterocycles. The zero-order valence-corrected chi connectivity index (χ0v) is 12.2. The number of halogens is 4. The normalized spacial score (nSPS) is 12.0. The number of phenolic OH excluding ortho intramolecular Hbond substituents is 1. The van der Waals surface area contributed by atoms with Gasteiger partial charge in [0.1, 0.15) is 5.75 Å². The Balaban J connectivity index is 2.10. The summed E-state index contributed by atoms with van der Waals surface area (Å²) in [6.45, 7) is -0.0173. The van der Waals surface area contributed by atoms with Crippen LogP contribution in [0.15, 0.2) is 41.2 Å². The summed E-state index contributed by atoms with van der Waals surface area (Å²) in [5, 5.41) is 10.2. The van der Waals surface area contributed by atoms with E-state index in [-0.39, 0.29) is 17.8 Å². The first kappa shape index (κ1) is 15.5.